The van der Waals surface area contributed by atoms with Crippen LogP contribution >= 0.6 is 23.2 Å². The number of ketones is 1. The van der Waals surface area contributed by atoms with Gasteiger partial charge in [-0.3, -0.25) is 4.79 Å². The SMILES string of the molecule is COc1cc(C(=O)Oc2ccc3c(c2)O/C(=C\c2cccc(Cl)c2Cl)C3=O)cc(OC)c1OC. The Bertz CT molecular complexity index is 1310. The van der Waals surface area contributed by atoms with E-state index in [1.807, 2.05) is 0 Å². The van der Waals surface area contributed by atoms with Gasteiger partial charge in [0.25, 0.3) is 0 Å². The zero-order chi connectivity index (χ0) is 24.4. The fraction of sp³-hybridized carbons (Fsp3) is 0.120. The van der Waals surface area contributed by atoms with E-state index in [2.05, 4.69) is 0 Å². The average molecular weight is 501 g/mol. The van der Waals surface area contributed by atoms with Crippen LogP contribution in [0.3, 0.4) is 0 Å². The fourth-order valence-electron chi connectivity index (χ4n) is 3.37. The van der Waals surface area contributed by atoms with Crippen LogP contribution in [0.2, 0.25) is 10.0 Å². The van der Waals surface area contributed by atoms with Gasteiger partial charge < -0.3 is 23.7 Å². The van der Waals surface area contributed by atoms with Gasteiger partial charge in [0.15, 0.2) is 17.3 Å². The van der Waals surface area contributed by atoms with E-state index in [-0.39, 0.29) is 28.6 Å². The minimum Gasteiger partial charge on any atom is -0.493 e. The number of hydrogen-bond acceptors (Lipinski definition) is 7. The van der Waals surface area contributed by atoms with E-state index in [1.54, 1.807) is 18.2 Å². The molecule has 34 heavy (non-hydrogen) atoms. The van der Waals surface area contributed by atoms with Crippen molar-refractivity contribution in [2.75, 3.05) is 21.3 Å². The van der Waals surface area contributed by atoms with Crippen molar-refractivity contribution in [1.82, 2.24) is 0 Å². The number of halogens is 2. The lowest BCUT2D eigenvalue weighted by Gasteiger charge is -2.13. The number of benzene rings is 3. The summed E-state index contributed by atoms with van der Waals surface area (Å²) in [4.78, 5) is 25.5. The summed E-state index contributed by atoms with van der Waals surface area (Å²) >= 11 is 12.2. The highest BCUT2D eigenvalue weighted by Crippen LogP contribution is 2.39. The quantitative estimate of drug-likeness (QED) is 0.238. The molecule has 0 amide bonds. The molecule has 4 rings (SSSR count). The first-order valence-corrected chi connectivity index (χ1v) is 10.7. The topological polar surface area (TPSA) is 80.3 Å². The molecule has 3 aromatic carbocycles. The molecule has 0 atom stereocenters. The van der Waals surface area contributed by atoms with E-state index in [4.69, 9.17) is 46.9 Å². The first-order valence-electron chi connectivity index (χ1n) is 9.90. The van der Waals surface area contributed by atoms with Crippen molar-refractivity contribution in [1.29, 1.82) is 0 Å². The Morgan fingerprint density at radius 1 is 0.941 bits per heavy atom. The molecule has 3 aromatic rings. The van der Waals surface area contributed by atoms with Crippen molar-refractivity contribution in [2.24, 2.45) is 0 Å². The molecule has 0 aliphatic carbocycles. The van der Waals surface area contributed by atoms with Crippen LogP contribution in [0.15, 0.2) is 54.3 Å². The minimum atomic E-state index is -0.662. The Balaban J connectivity index is 1.58. The fourth-order valence-corrected chi connectivity index (χ4v) is 3.73. The highest BCUT2D eigenvalue weighted by atomic mass is 35.5. The molecule has 0 saturated heterocycles. The second-order valence-electron chi connectivity index (χ2n) is 7.04. The van der Waals surface area contributed by atoms with Gasteiger partial charge in [0.1, 0.15) is 11.5 Å². The Labute approximate surface area is 205 Å². The monoisotopic (exact) mass is 500 g/mol. The first-order chi connectivity index (χ1) is 16.4. The molecule has 174 valence electrons. The lowest BCUT2D eigenvalue weighted by molar-refractivity contribution is 0.0733. The number of esters is 1. The summed E-state index contributed by atoms with van der Waals surface area (Å²) in [5.74, 6) is 0.505. The third kappa shape index (κ3) is 4.40. The normalized spacial score (nSPS) is 13.3. The number of ether oxygens (including phenoxy) is 5. The molecule has 0 radical (unpaired) electrons. The van der Waals surface area contributed by atoms with Crippen molar-refractivity contribution < 1.29 is 33.3 Å². The zero-order valence-electron chi connectivity index (χ0n) is 18.3. The summed E-state index contributed by atoms with van der Waals surface area (Å²) in [7, 11) is 4.36. The predicted octanol–water partition coefficient (Wildman–Crippen LogP) is 5.85. The molecule has 1 aliphatic heterocycles. The van der Waals surface area contributed by atoms with Crippen molar-refractivity contribution in [2.45, 2.75) is 0 Å². The Hall–Kier alpha value is -3.68. The smallest absolute Gasteiger partial charge is 0.343 e. The van der Waals surface area contributed by atoms with Gasteiger partial charge in [-0.15, -0.1) is 0 Å². The molecule has 0 fully saturated rings. The van der Waals surface area contributed by atoms with Crippen LogP contribution in [0, 0.1) is 0 Å². The second kappa shape index (κ2) is 9.67. The Kier molecular flexibility index (Phi) is 6.68. The van der Waals surface area contributed by atoms with E-state index in [0.717, 1.165) is 0 Å². The van der Waals surface area contributed by atoms with Gasteiger partial charge in [-0.1, -0.05) is 35.3 Å². The van der Waals surface area contributed by atoms with E-state index >= 15 is 0 Å². The molecule has 1 aliphatic rings. The molecule has 0 bridgehead atoms. The number of rotatable bonds is 6. The van der Waals surface area contributed by atoms with Crippen molar-refractivity contribution in [3.05, 3.63) is 81.0 Å². The van der Waals surface area contributed by atoms with Crippen LogP contribution < -0.4 is 23.7 Å². The molecule has 0 aromatic heterocycles. The number of allylic oxidation sites excluding steroid dienone is 1. The van der Waals surface area contributed by atoms with E-state index in [1.165, 1.54) is 57.7 Å². The van der Waals surface area contributed by atoms with Crippen LogP contribution in [-0.4, -0.2) is 33.1 Å². The lowest BCUT2D eigenvalue weighted by atomic mass is 10.1. The number of methoxy groups -OCH3 is 3. The van der Waals surface area contributed by atoms with Gasteiger partial charge in [0.05, 0.1) is 42.5 Å². The van der Waals surface area contributed by atoms with Crippen LogP contribution in [0.1, 0.15) is 26.3 Å². The standard InChI is InChI=1S/C25H18Cl2O7/c1-30-20-10-14(11-21(31-2)24(20)32-3)25(29)33-15-7-8-16-18(12-15)34-19(23(16)28)9-13-5-4-6-17(26)22(13)27/h4-12H,1-3H3/b19-9-. The van der Waals surface area contributed by atoms with Gasteiger partial charge in [-0.2, -0.15) is 0 Å². The Morgan fingerprint density at radius 3 is 2.29 bits per heavy atom. The Morgan fingerprint density at radius 2 is 1.65 bits per heavy atom. The molecule has 7 nitrogen and oxygen atoms in total. The van der Waals surface area contributed by atoms with Gasteiger partial charge in [-0.05, 0) is 42.0 Å². The van der Waals surface area contributed by atoms with Gasteiger partial charge in [-0.25, -0.2) is 4.79 Å². The zero-order valence-corrected chi connectivity index (χ0v) is 19.8. The van der Waals surface area contributed by atoms with Crippen LogP contribution in [-0.2, 0) is 0 Å². The number of carbonyl (C=O) groups is 2. The second-order valence-corrected chi connectivity index (χ2v) is 7.83. The molecular weight excluding hydrogens is 483 g/mol. The molecule has 0 saturated carbocycles. The molecule has 9 heteroatoms. The minimum absolute atomic E-state index is 0.0762. The third-order valence-corrected chi connectivity index (χ3v) is 5.85. The first kappa shape index (κ1) is 23.5. The third-order valence-electron chi connectivity index (χ3n) is 5.02. The van der Waals surface area contributed by atoms with Gasteiger partial charge in [0.2, 0.25) is 11.5 Å². The average Bonchev–Trinajstić information content (AvgIpc) is 3.15. The van der Waals surface area contributed by atoms with Gasteiger partial charge in [0, 0.05) is 6.07 Å². The van der Waals surface area contributed by atoms with Crippen molar-refractivity contribution in [3.8, 4) is 28.7 Å². The summed E-state index contributed by atoms with van der Waals surface area (Å²) in [5.41, 5.74) is 1.06. The van der Waals surface area contributed by atoms with Crippen LogP contribution in [0.25, 0.3) is 6.08 Å². The maximum Gasteiger partial charge on any atom is 0.343 e. The van der Waals surface area contributed by atoms with Crippen molar-refractivity contribution >= 4 is 41.0 Å². The maximum absolute atomic E-state index is 12.8. The van der Waals surface area contributed by atoms with E-state index in [9.17, 15) is 9.59 Å². The molecule has 1 heterocycles. The van der Waals surface area contributed by atoms with Gasteiger partial charge >= 0.3 is 5.97 Å². The van der Waals surface area contributed by atoms with Crippen molar-refractivity contribution in [3.63, 3.8) is 0 Å². The molecule has 0 spiro atoms. The highest BCUT2D eigenvalue weighted by Gasteiger charge is 2.28. The summed E-state index contributed by atoms with van der Waals surface area (Å²) < 4.78 is 27.0. The number of Topliss-reactive ketones (excluding diaryl/α,β-unsaturated/α-hetero) is 1. The maximum atomic E-state index is 12.8. The van der Waals surface area contributed by atoms with E-state index < -0.39 is 5.97 Å². The lowest BCUT2D eigenvalue weighted by Crippen LogP contribution is -2.09. The largest absolute Gasteiger partial charge is 0.493 e. The summed E-state index contributed by atoms with van der Waals surface area (Å²) in [6, 6.07) is 12.5. The van der Waals surface area contributed by atoms with Crippen LogP contribution in [0.4, 0.5) is 0 Å². The van der Waals surface area contributed by atoms with E-state index in [0.29, 0.717) is 38.4 Å². The summed E-state index contributed by atoms with van der Waals surface area (Å²) in [6.07, 6.45) is 1.51. The molecular formula is C25H18Cl2O7. The summed E-state index contributed by atoms with van der Waals surface area (Å²) in [6.45, 7) is 0. The number of hydrogen-bond donors (Lipinski definition) is 0. The number of fused-ring (bicyclic) bond motifs is 1. The number of carbonyl (C=O) groups excluding carboxylic acids is 2. The molecule has 0 unspecified atom stereocenters. The summed E-state index contributed by atoms with van der Waals surface area (Å²) in [5, 5.41) is 0.670. The van der Waals surface area contributed by atoms with Crippen LogP contribution in [0.5, 0.6) is 28.7 Å². The molecule has 0 N–H and O–H groups in total. The predicted molar refractivity (Wildman–Crippen MR) is 127 cm³/mol. The highest BCUT2D eigenvalue weighted by molar-refractivity contribution is 6.43.